The molecule has 0 radical (unpaired) electrons. The minimum absolute atomic E-state index is 0.0411. The van der Waals surface area contributed by atoms with Crippen LogP contribution in [0.4, 0.5) is 0 Å². The van der Waals surface area contributed by atoms with Gasteiger partial charge in [0.25, 0.3) is 10.2 Å². The van der Waals surface area contributed by atoms with Crippen molar-refractivity contribution in [1.29, 1.82) is 0 Å². The highest BCUT2D eigenvalue weighted by Crippen LogP contribution is 2.17. The highest BCUT2D eigenvalue weighted by molar-refractivity contribution is 7.86. The minimum atomic E-state index is -3.56. The van der Waals surface area contributed by atoms with Crippen molar-refractivity contribution in [2.24, 2.45) is 0 Å². The lowest BCUT2D eigenvalue weighted by Crippen LogP contribution is -2.44. The topological polar surface area (TPSA) is 81.1 Å². The molecule has 2 unspecified atom stereocenters. The second-order valence-electron chi connectivity index (χ2n) is 4.07. The van der Waals surface area contributed by atoms with Crippen LogP contribution in [0.3, 0.4) is 0 Å². The van der Waals surface area contributed by atoms with Gasteiger partial charge in [-0.25, -0.2) is 0 Å². The Morgan fingerprint density at radius 1 is 1.27 bits per heavy atom. The summed E-state index contributed by atoms with van der Waals surface area (Å²) < 4.78 is 26.1. The summed E-state index contributed by atoms with van der Waals surface area (Å²) in [7, 11) is -2.07. The molecule has 1 heterocycles. The van der Waals surface area contributed by atoms with Crippen molar-refractivity contribution in [1.82, 2.24) is 8.61 Å². The Balaban J connectivity index is 2.80. The van der Waals surface area contributed by atoms with Crippen molar-refractivity contribution in [3.8, 4) is 0 Å². The largest absolute Gasteiger partial charge is 0.389 e. The van der Waals surface area contributed by atoms with Crippen molar-refractivity contribution in [2.75, 3.05) is 20.1 Å². The summed E-state index contributed by atoms with van der Waals surface area (Å²) in [6, 6.07) is -0.148. The van der Waals surface area contributed by atoms with Gasteiger partial charge in [-0.1, -0.05) is 0 Å². The van der Waals surface area contributed by atoms with Crippen LogP contribution >= 0.6 is 0 Å². The first kappa shape index (κ1) is 12.9. The second-order valence-corrected chi connectivity index (χ2v) is 6.06. The molecular weight excluding hydrogens is 220 g/mol. The number of nitrogens with zero attached hydrogens (tertiary/aromatic N) is 2. The third-order valence-electron chi connectivity index (χ3n) is 2.64. The summed E-state index contributed by atoms with van der Waals surface area (Å²) in [4.78, 5) is 0. The molecule has 1 aliphatic heterocycles. The summed E-state index contributed by atoms with van der Waals surface area (Å²) in [6.07, 6.45) is -1.97. The lowest BCUT2D eigenvalue weighted by molar-refractivity contribution is 0.0572. The lowest BCUT2D eigenvalue weighted by atomic mass is 10.3. The highest BCUT2D eigenvalue weighted by Gasteiger charge is 2.39. The van der Waals surface area contributed by atoms with Crippen LogP contribution in [-0.2, 0) is 10.2 Å². The van der Waals surface area contributed by atoms with Crippen LogP contribution in [0, 0.1) is 0 Å². The Labute approximate surface area is 90.3 Å². The molecule has 7 heteroatoms. The summed E-state index contributed by atoms with van der Waals surface area (Å²) in [5.41, 5.74) is 0. The third kappa shape index (κ3) is 2.48. The molecule has 1 saturated heterocycles. The van der Waals surface area contributed by atoms with E-state index in [1.807, 2.05) is 0 Å². The number of aliphatic hydroxyl groups excluding tert-OH is 2. The zero-order valence-electron chi connectivity index (χ0n) is 9.16. The van der Waals surface area contributed by atoms with Gasteiger partial charge in [-0.2, -0.15) is 17.0 Å². The van der Waals surface area contributed by atoms with Gasteiger partial charge in [0.05, 0.1) is 12.2 Å². The summed E-state index contributed by atoms with van der Waals surface area (Å²) in [5, 5.41) is 18.6. The van der Waals surface area contributed by atoms with E-state index in [9.17, 15) is 18.6 Å². The zero-order chi connectivity index (χ0) is 11.8. The number of hydrogen-bond acceptors (Lipinski definition) is 4. The summed E-state index contributed by atoms with van der Waals surface area (Å²) in [5.74, 6) is 0. The van der Waals surface area contributed by atoms with Gasteiger partial charge in [0.1, 0.15) is 0 Å². The van der Waals surface area contributed by atoms with E-state index >= 15 is 0 Å². The van der Waals surface area contributed by atoms with Gasteiger partial charge >= 0.3 is 0 Å². The van der Waals surface area contributed by atoms with Crippen LogP contribution in [-0.4, -0.2) is 65.6 Å². The Kier molecular flexibility index (Phi) is 3.72. The SMILES string of the molecule is CC(C)N(C)S(=O)(=O)N1CC(O)C(O)C1. The molecule has 6 nitrogen and oxygen atoms in total. The van der Waals surface area contributed by atoms with E-state index in [1.165, 1.54) is 11.4 Å². The molecule has 0 spiro atoms. The van der Waals surface area contributed by atoms with Crippen LogP contribution in [0.2, 0.25) is 0 Å². The Hall–Kier alpha value is -0.210. The van der Waals surface area contributed by atoms with Crippen molar-refractivity contribution < 1.29 is 18.6 Å². The predicted molar refractivity (Wildman–Crippen MR) is 55.4 cm³/mol. The quantitative estimate of drug-likeness (QED) is 0.634. The van der Waals surface area contributed by atoms with E-state index in [1.54, 1.807) is 13.8 Å². The van der Waals surface area contributed by atoms with Crippen molar-refractivity contribution in [2.45, 2.75) is 32.1 Å². The van der Waals surface area contributed by atoms with Gasteiger partial charge in [0.15, 0.2) is 0 Å². The molecule has 1 fully saturated rings. The van der Waals surface area contributed by atoms with E-state index in [0.29, 0.717) is 0 Å². The van der Waals surface area contributed by atoms with Gasteiger partial charge < -0.3 is 10.2 Å². The van der Waals surface area contributed by atoms with E-state index < -0.39 is 22.4 Å². The number of β-amino-alcohol motifs (C(OH)–C–C–N with tert-alkyl or cyclic N) is 2. The molecule has 0 aromatic heterocycles. The number of rotatable bonds is 3. The molecule has 2 atom stereocenters. The predicted octanol–water partition coefficient (Wildman–Crippen LogP) is -1.39. The smallest absolute Gasteiger partial charge is 0.282 e. The molecule has 15 heavy (non-hydrogen) atoms. The van der Waals surface area contributed by atoms with E-state index in [2.05, 4.69) is 0 Å². The van der Waals surface area contributed by atoms with Crippen LogP contribution in [0.25, 0.3) is 0 Å². The van der Waals surface area contributed by atoms with Crippen LogP contribution < -0.4 is 0 Å². The maximum atomic E-state index is 11.9. The Morgan fingerprint density at radius 3 is 2.00 bits per heavy atom. The van der Waals surface area contributed by atoms with Gasteiger partial charge in [-0.3, -0.25) is 0 Å². The molecule has 0 bridgehead atoms. The summed E-state index contributed by atoms with van der Waals surface area (Å²) >= 11 is 0. The van der Waals surface area contributed by atoms with Crippen molar-refractivity contribution >= 4 is 10.2 Å². The summed E-state index contributed by atoms with van der Waals surface area (Å²) in [6.45, 7) is 3.45. The molecule has 0 aromatic rings. The van der Waals surface area contributed by atoms with E-state index in [-0.39, 0.29) is 19.1 Å². The van der Waals surface area contributed by atoms with Crippen LogP contribution in [0.15, 0.2) is 0 Å². The number of aliphatic hydroxyl groups is 2. The molecule has 90 valence electrons. The fraction of sp³-hybridized carbons (Fsp3) is 1.00. The monoisotopic (exact) mass is 238 g/mol. The van der Waals surface area contributed by atoms with Gasteiger partial charge in [-0.05, 0) is 13.8 Å². The zero-order valence-corrected chi connectivity index (χ0v) is 9.98. The first-order chi connectivity index (χ1) is 6.76. The maximum Gasteiger partial charge on any atom is 0.282 e. The molecule has 2 N–H and O–H groups in total. The normalized spacial score (nSPS) is 29.3. The molecule has 1 aliphatic rings. The molecular formula is C8H18N2O4S. The van der Waals surface area contributed by atoms with Crippen LogP contribution in [0.5, 0.6) is 0 Å². The maximum absolute atomic E-state index is 11.9. The average Bonchev–Trinajstić information content (AvgIpc) is 2.46. The standard InChI is InChI=1S/C8H18N2O4S/c1-6(2)9(3)15(13,14)10-4-7(11)8(12)5-10/h6-8,11-12H,4-5H2,1-3H3. The first-order valence-corrected chi connectivity index (χ1v) is 6.25. The van der Waals surface area contributed by atoms with Crippen LogP contribution in [0.1, 0.15) is 13.8 Å². The molecule has 0 amide bonds. The second kappa shape index (κ2) is 4.34. The number of hydrogen-bond donors (Lipinski definition) is 2. The van der Waals surface area contributed by atoms with E-state index in [4.69, 9.17) is 0 Å². The highest BCUT2D eigenvalue weighted by atomic mass is 32.2. The van der Waals surface area contributed by atoms with Gasteiger partial charge in [-0.15, -0.1) is 0 Å². The molecule has 0 aromatic carbocycles. The minimum Gasteiger partial charge on any atom is -0.389 e. The third-order valence-corrected chi connectivity index (χ3v) is 4.74. The lowest BCUT2D eigenvalue weighted by Gasteiger charge is -2.26. The first-order valence-electron chi connectivity index (χ1n) is 4.86. The molecule has 0 aliphatic carbocycles. The van der Waals surface area contributed by atoms with Gasteiger partial charge in [0.2, 0.25) is 0 Å². The molecule has 1 rings (SSSR count). The van der Waals surface area contributed by atoms with E-state index in [0.717, 1.165) is 4.31 Å². The Bertz CT molecular complexity index is 307. The van der Waals surface area contributed by atoms with Gasteiger partial charge in [0, 0.05) is 26.2 Å². The Morgan fingerprint density at radius 2 is 1.67 bits per heavy atom. The van der Waals surface area contributed by atoms with Crippen molar-refractivity contribution in [3.05, 3.63) is 0 Å². The molecule has 0 saturated carbocycles. The van der Waals surface area contributed by atoms with Crippen molar-refractivity contribution in [3.63, 3.8) is 0 Å². The fourth-order valence-corrected chi connectivity index (χ4v) is 2.95. The fourth-order valence-electron chi connectivity index (χ4n) is 1.37. The average molecular weight is 238 g/mol.